The van der Waals surface area contributed by atoms with Crippen LogP contribution in [-0.4, -0.2) is 51.1 Å². The predicted octanol–water partition coefficient (Wildman–Crippen LogP) is 7.88. The minimum atomic E-state index is -4.11. The third-order valence-electron chi connectivity index (χ3n) is 8.04. The molecule has 9 nitrogen and oxygen atoms in total. The quantitative estimate of drug-likeness (QED) is 0.0916. The zero-order valence-corrected chi connectivity index (χ0v) is 30.4. The molecule has 0 radical (unpaired) electrons. The van der Waals surface area contributed by atoms with Crippen molar-refractivity contribution in [1.29, 1.82) is 0 Å². The zero-order chi connectivity index (χ0) is 34.1. The maximum Gasteiger partial charge on any atom is 0.265 e. The first-order valence-electron chi connectivity index (χ1n) is 15.3. The van der Waals surface area contributed by atoms with E-state index in [2.05, 4.69) is 58.9 Å². The smallest absolute Gasteiger partial charge is 0.265 e. The van der Waals surface area contributed by atoms with Crippen LogP contribution in [0.25, 0.3) is 37.5 Å². The molecule has 0 fully saturated rings. The lowest BCUT2D eigenvalue weighted by atomic mass is 10.0. The Kier molecular flexibility index (Phi) is 10.3. The molecular formula is C34H35N2O7S5+. The van der Waals surface area contributed by atoms with E-state index in [1.54, 1.807) is 41.5 Å². The number of hydrogen-bond donors (Lipinski definition) is 2. The average molecular weight is 744 g/mol. The summed E-state index contributed by atoms with van der Waals surface area (Å²) < 4.78 is 75.1. The highest BCUT2D eigenvalue weighted by Crippen LogP contribution is 2.48. The highest BCUT2D eigenvalue weighted by Gasteiger charge is 2.28. The lowest BCUT2D eigenvalue weighted by Crippen LogP contribution is -2.36. The van der Waals surface area contributed by atoms with Gasteiger partial charge in [0, 0.05) is 35.4 Å². The van der Waals surface area contributed by atoms with Gasteiger partial charge in [-0.2, -0.15) is 21.4 Å². The van der Waals surface area contributed by atoms with E-state index in [-0.39, 0.29) is 24.3 Å². The second-order valence-corrected chi connectivity index (χ2v) is 17.5. The van der Waals surface area contributed by atoms with Crippen LogP contribution in [0.4, 0.5) is 5.69 Å². The number of allylic oxidation sites excluding steroid dienone is 2. The minimum absolute atomic E-state index is 0.244. The molecule has 0 saturated heterocycles. The number of ether oxygens (including phenoxy) is 1. The van der Waals surface area contributed by atoms with Gasteiger partial charge in [-0.1, -0.05) is 66.4 Å². The number of aromatic nitrogens is 1. The second kappa shape index (κ2) is 14.3. The summed E-state index contributed by atoms with van der Waals surface area (Å²) in [5.74, 6) is 0.0965. The predicted molar refractivity (Wildman–Crippen MR) is 197 cm³/mol. The molecule has 0 unspecified atom stereocenters. The van der Waals surface area contributed by atoms with Crippen LogP contribution in [0.3, 0.4) is 0 Å². The Balaban J connectivity index is 1.42. The van der Waals surface area contributed by atoms with Gasteiger partial charge in [-0.3, -0.25) is 9.11 Å². The van der Waals surface area contributed by atoms with Gasteiger partial charge in [0.1, 0.15) is 15.1 Å². The summed E-state index contributed by atoms with van der Waals surface area (Å²) in [6.07, 6.45) is 5.43. The number of fused-ring (bicyclic) bond motifs is 4. The van der Waals surface area contributed by atoms with Crippen molar-refractivity contribution in [2.75, 3.05) is 30.1 Å². The second-order valence-electron chi connectivity index (χ2n) is 11.3. The first kappa shape index (κ1) is 34.6. The van der Waals surface area contributed by atoms with E-state index in [0.717, 1.165) is 63.4 Å². The van der Waals surface area contributed by atoms with Gasteiger partial charge >= 0.3 is 0 Å². The molecule has 6 rings (SSSR count). The molecule has 2 aromatic heterocycles. The number of thiazole rings is 1. The van der Waals surface area contributed by atoms with E-state index in [4.69, 9.17) is 4.74 Å². The molecule has 5 aromatic rings. The number of methoxy groups -OCH3 is 1. The van der Waals surface area contributed by atoms with E-state index in [1.165, 1.54) is 0 Å². The molecule has 252 valence electrons. The summed E-state index contributed by atoms with van der Waals surface area (Å²) in [6, 6.07) is 20.4. The summed E-state index contributed by atoms with van der Waals surface area (Å²) in [5, 5.41) is 4.88. The van der Waals surface area contributed by atoms with Crippen molar-refractivity contribution in [3.63, 3.8) is 0 Å². The lowest BCUT2D eigenvalue weighted by Gasteiger charge is -2.21. The van der Waals surface area contributed by atoms with Gasteiger partial charge in [0.15, 0.2) is 6.54 Å². The van der Waals surface area contributed by atoms with Gasteiger partial charge in [0.2, 0.25) is 5.52 Å². The van der Waals surface area contributed by atoms with Crippen LogP contribution in [0.1, 0.15) is 31.2 Å². The highest BCUT2D eigenvalue weighted by atomic mass is 32.2. The van der Waals surface area contributed by atoms with E-state index in [1.807, 2.05) is 35.7 Å². The normalized spacial score (nSPS) is 14.8. The summed E-state index contributed by atoms with van der Waals surface area (Å²) in [7, 11) is -6.57. The third kappa shape index (κ3) is 7.80. The molecule has 3 aromatic carbocycles. The van der Waals surface area contributed by atoms with E-state index in [9.17, 15) is 25.9 Å². The SMILES string of the molecule is CCC(=Cc1sc2cc(OC)c3ccsc3c2[n+]1CCCS(=O)(=O)O)C=C1Sc2ccc(-c3ccccc3)cc2N1CCCS(=O)(=O)O. The first-order valence-corrected chi connectivity index (χ1v) is 21.0. The fourth-order valence-electron chi connectivity index (χ4n) is 5.80. The maximum atomic E-state index is 11.6. The zero-order valence-electron chi connectivity index (χ0n) is 26.3. The van der Waals surface area contributed by atoms with Crippen molar-refractivity contribution in [2.24, 2.45) is 0 Å². The van der Waals surface area contributed by atoms with Crippen LogP contribution in [-0.2, 0) is 26.8 Å². The Labute approximate surface area is 292 Å². The summed E-state index contributed by atoms with van der Waals surface area (Å²) in [6.45, 7) is 2.86. The van der Waals surface area contributed by atoms with E-state index >= 15 is 0 Å². The molecule has 1 aliphatic heterocycles. The number of anilines is 1. The molecule has 14 heteroatoms. The lowest BCUT2D eigenvalue weighted by molar-refractivity contribution is -0.667. The number of hydrogen-bond acceptors (Lipinski definition) is 9. The summed E-state index contributed by atoms with van der Waals surface area (Å²) >= 11 is 4.81. The largest absolute Gasteiger partial charge is 0.496 e. The number of rotatable bonds is 13. The van der Waals surface area contributed by atoms with Crippen LogP contribution in [0, 0.1) is 0 Å². The van der Waals surface area contributed by atoms with Crippen LogP contribution in [0.2, 0.25) is 0 Å². The topological polar surface area (TPSA) is 125 Å². The molecule has 1 aliphatic rings. The molecule has 48 heavy (non-hydrogen) atoms. The van der Waals surface area contributed by atoms with Gasteiger partial charge in [-0.05, 0) is 59.2 Å². The van der Waals surface area contributed by atoms with Crippen LogP contribution >= 0.6 is 34.4 Å². The monoisotopic (exact) mass is 743 g/mol. The summed E-state index contributed by atoms with van der Waals surface area (Å²) in [5.41, 5.74) is 5.13. The summed E-state index contributed by atoms with van der Waals surface area (Å²) in [4.78, 5) is 3.17. The Morgan fingerprint density at radius 3 is 2.42 bits per heavy atom. The third-order valence-corrected chi connectivity index (χ3v) is 12.8. The fourth-order valence-corrected chi connectivity index (χ4v) is 10.2. The van der Waals surface area contributed by atoms with Crippen molar-refractivity contribution in [3.8, 4) is 16.9 Å². The molecule has 0 atom stereocenters. The number of thioether (sulfide) groups is 1. The van der Waals surface area contributed by atoms with Gasteiger partial charge in [-0.15, -0.1) is 11.3 Å². The fraction of sp³-hybridized carbons (Fsp3) is 0.265. The van der Waals surface area contributed by atoms with Gasteiger partial charge in [0.25, 0.3) is 25.2 Å². The Morgan fingerprint density at radius 2 is 1.71 bits per heavy atom. The van der Waals surface area contributed by atoms with E-state index in [0.29, 0.717) is 19.5 Å². The van der Waals surface area contributed by atoms with Crippen molar-refractivity contribution in [1.82, 2.24) is 0 Å². The number of aryl methyl sites for hydroxylation is 1. The van der Waals surface area contributed by atoms with Crippen molar-refractivity contribution >= 4 is 86.7 Å². The number of benzene rings is 3. The standard InChI is InChI=1S/C34H34N2O7S5/c1-3-23(20-32-36(15-8-18-48(40,41)42)33-30(46-32)22-28(43-2)26-13-16-44-34(26)33)19-31-35(14-7-17-47(37,38)39)27-21-25(11-12-29(27)45-31)24-9-5-4-6-10-24/h4-6,9-13,16,19-22H,3,7-8,14-15,17-18H2,1-2H3,(H-,37,38,39,40,41,42)/p+1. The molecule has 0 saturated carbocycles. The Bertz CT molecular complexity index is 2260. The average Bonchev–Trinajstić information content (AvgIpc) is 3.75. The van der Waals surface area contributed by atoms with Crippen molar-refractivity contribution in [3.05, 3.63) is 87.7 Å². The molecule has 0 bridgehead atoms. The first-order chi connectivity index (χ1) is 22.9. The van der Waals surface area contributed by atoms with Crippen molar-refractivity contribution in [2.45, 2.75) is 37.6 Å². The van der Waals surface area contributed by atoms with Crippen LogP contribution in [0.15, 0.2) is 87.6 Å². The molecule has 0 amide bonds. The minimum Gasteiger partial charge on any atom is -0.496 e. The Hall–Kier alpha value is -3.24. The molecule has 0 aliphatic carbocycles. The highest BCUT2D eigenvalue weighted by molar-refractivity contribution is 8.03. The molecular weight excluding hydrogens is 709 g/mol. The van der Waals surface area contributed by atoms with Gasteiger partial charge in [0.05, 0.1) is 29.3 Å². The Morgan fingerprint density at radius 1 is 0.958 bits per heavy atom. The molecule has 3 heterocycles. The van der Waals surface area contributed by atoms with Crippen LogP contribution in [0.5, 0.6) is 5.75 Å². The van der Waals surface area contributed by atoms with E-state index < -0.39 is 20.2 Å². The van der Waals surface area contributed by atoms with Gasteiger partial charge in [-0.25, -0.2) is 0 Å². The molecule has 0 spiro atoms. The maximum absolute atomic E-state index is 11.6. The van der Waals surface area contributed by atoms with Crippen molar-refractivity contribution < 1.29 is 35.2 Å². The number of thiophene rings is 1. The van der Waals surface area contributed by atoms with Crippen LogP contribution < -0.4 is 14.2 Å². The molecule has 2 N–H and O–H groups in total. The van der Waals surface area contributed by atoms with Gasteiger partial charge < -0.3 is 9.64 Å². The number of nitrogens with zero attached hydrogens (tertiary/aromatic N) is 2.